The summed E-state index contributed by atoms with van der Waals surface area (Å²) in [6.45, 7) is 9.22. The number of anilines is 1. The van der Waals surface area contributed by atoms with E-state index in [0.717, 1.165) is 18.0 Å². The highest BCUT2D eigenvalue weighted by Gasteiger charge is 2.04. The number of rotatable bonds is 6. The average Bonchev–Trinajstić information content (AvgIpc) is 2.24. The third kappa shape index (κ3) is 3.76. The molecular formula is C14H23NO. The van der Waals surface area contributed by atoms with Gasteiger partial charge in [0.2, 0.25) is 0 Å². The van der Waals surface area contributed by atoms with Gasteiger partial charge in [0.05, 0.1) is 6.61 Å². The molecule has 0 aliphatic heterocycles. The molecule has 0 saturated heterocycles. The summed E-state index contributed by atoms with van der Waals surface area (Å²) in [6, 6.07) is 6.82. The van der Waals surface area contributed by atoms with Gasteiger partial charge in [0.25, 0.3) is 0 Å². The predicted molar refractivity (Wildman–Crippen MR) is 70.3 cm³/mol. The van der Waals surface area contributed by atoms with Gasteiger partial charge >= 0.3 is 0 Å². The van der Waals surface area contributed by atoms with Gasteiger partial charge in [-0.25, -0.2) is 0 Å². The molecule has 0 fully saturated rings. The maximum absolute atomic E-state index is 5.58. The molecule has 1 atom stereocenters. The topological polar surface area (TPSA) is 21.3 Å². The molecule has 1 aromatic carbocycles. The van der Waals surface area contributed by atoms with Gasteiger partial charge in [-0.1, -0.05) is 19.4 Å². The monoisotopic (exact) mass is 221 g/mol. The SMILES string of the molecule is CCCC(C)Nc1ccc(C)c(OCC)c1. The number of hydrogen-bond acceptors (Lipinski definition) is 2. The fraction of sp³-hybridized carbons (Fsp3) is 0.571. The summed E-state index contributed by atoms with van der Waals surface area (Å²) in [6.07, 6.45) is 2.40. The van der Waals surface area contributed by atoms with E-state index in [0.29, 0.717) is 6.04 Å². The van der Waals surface area contributed by atoms with Gasteiger partial charge < -0.3 is 10.1 Å². The van der Waals surface area contributed by atoms with Crippen LogP contribution in [0.4, 0.5) is 5.69 Å². The zero-order valence-corrected chi connectivity index (χ0v) is 10.8. The van der Waals surface area contributed by atoms with Gasteiger partial charge in [0, 0.05) is 17.8 Å². The summed E-state index contributed by atoms with van der Waals surface area (Å²) in [5.74, 6) is 0.983. The molecule has 0 bridgehead atoms. The predicted octanol–water partition coefficient (Wildman–Crippen LogP) is 3.99. The van der Waals surface area contributed by atoms with Gasteiger partial charge in [-0.05, 0) is 38.8 Å². The summed E-state index contributed by atoms with van der Waals surface area (Å²) >= 11 is 0. The molecule has 0 radical (unpaired) electrons. The number of aryl methyl sites for hydroxylation is 1. The molecule has 1 aromatic rings. The first kappa shape index (κ1) is 12.9. The van der Waals surface area contributed by atoms with Crippen LogP contribution in [0.5, 0.6) is 5.75 Å². The van der Waals surface area contributed by atoms with Crippen molar-refractivity contribution in [3.05, 3.63) is 23.8 Å². The minimum Gasteiger partial charge on any atom is -0.494 e. The third-order valence-corrected chi connectivity index (χ3v) is 2.62. The van der Waals surface area contributed by atoms with E-state index in [-0.39, 0.29) is 0 Å². The molecule has 1 unspecified atom stereocenters. The normalized spacial score (nSPS) is 12.2. The summed E-state index contributed by atoms with van der Waals surface area (Å²) in [5, 5.41) is 3.49. The fourth-order valence-corrected chi connectivity index (χ4v) is 1.79. The van der Waals surface area contributed by atoms with Crippen molar-refractivity contribution >= 4 is 5.69 Å². The van der Waals surface area contributed by atoms with Gasteiger partial charge in [-0.2, -0.15) is 0 Å². The van der Waals surface area contributed by atoms with Crippen LogP contribution >= 0.6 is 0 Å². The molecule has 0 aliphatic rings. The van der Waals surface area contributed by atoms with Gasteiger partial charge in [0.1, 0.15) is 5.75 Å². The Labute approximate surface area is 99.0 Å². The Balaban J connectivity index is 2.70. The Kier molecular flexibility index (Phi) is 5.17. The van der Waals surface area contributed by atoms with Crippen LogP contribution in [0, 0.1) is 6.92 Å². The third-order valence-electron chi connectivity index (χ3n) is 2.62. The Morgan fingerprint density at radius 2 is 2.06 bits per heavy atom. The number of benzene rings is 1. The molecule has 16 heavy (non-hydrogen) atoms. The van der Waals surface area contributed by atoms with Gasteiger partial charge in [-0.3, -0.25) is 0 Å². The zero-order valence-electron chi connectivity index (χ0n) is 10.8. The smallest absolute Gasteiger partial charge is 0.124 e. The molecule has 0 saturated carbocycles. The second-order valence-electron chi connectivity index (χ2n) is 4.25. The molecule has 2 nitrogen and oxygen atoms in total. The lowest BCUT2D eigenvalue weighted by molar-refractivity contribution is 0.338. The fourth-order valence-electron chi connectivity index (χ4n) is 1.79. The molecule has 0 amide bonds. The second-order valence-corrected chi connectivity index (χ2v) is 4.25. The minimum absolute atomic E-state index is 0.516. The zero-order chi connectivity index (χ0) is 12.0. The van der Waals surface area contributed by atoms with Crippen molar-refractivity contribution in [2.45, 2.75) is 46.6 Å². The first-order valence-electron chi connectivity index (χ1n) is 6.17. The van der Waals surface area contributed by atoms with E-state index >= 15 is 0 Å². The largest absolute Gasteiger partial charge is 0.494 e. The second kappa shape index (κ2) is 6.41. The molecule has 1 N–H and O–H groups in total. The number of nitrogens with one attached hydrogen (secondary N) is 1. The molecule has 90 valence electrons. The summed E-state index contributed by atoms with van der Waals surface area (Å²) in [7, 11) is 0. The van der Waals surface area contributed by atoms with Crippen molar-refractivity contribution in [2.75, 3.05) is 11.9 Å². The molecule has 0 aliphatic carbocycles. The Bertz CT molecular complexity index is 323. The minimum atomic E-state index is 0.516. The lowest BCUT2D eigenvalue weighted by Crippen LogP contribution is -2.14. The summed E-state index contributed by atoms with van der Waals surface area (Å²) in [5.41, 5.74) is 2.34. The van der Waals surface area contributed by atoms with Crippen molar-refractivity contribution in [3.63, 3.8) is 0 Å². The maximum Gasteiger partial charge on any atom is 0.124 e. The molecule has 1 rings (SSSR count). The lowest BCUT2D eigenvalue weighted by Gasteiger charge is -2.16. The van der Waals surface area contributed by atoms with Crippen LogP contribution in [0.3, 0.4) is 0 Å². The number of hydrogen-bond donors (Lipinski definition) is 1. The van der Waals surface area contributed by atoms with Gasteiger partial charge in [0.15, 0.2) is 0 Å². The Hall–Kier alpha value is -1.18. The van der Waals surface area contributed by atoms with Crippen molar-refractivity contribution in [3.8, 4) is 5.75 Å². The van der Waals surface area contributed by atoms with Crippen molar-refractivity contribution < 1.29 is 4.74 Å². The van der Waals surface area contributed by atoms with E-state index in [1.807, 2.05) is 6.92 Å². The van der Waals surface area contributed by atoms with E-state index in [2.05, 4.69) is 44.3 Å². The standard InChI is InChI=1S/C14H23NO/c1-5-7-12(4)15-13-9-8-11(3)14(10-13)16-6-2/h8-10,12,15H,5-7H2,1-4H3. The average molecular weight is 221 g/mol. The van der Waals surface area contributed by atoms with Crippen LogP contribution in [0.2, 0.25) is 0 Å². The van der Waals surface area contributed by atoms with E-state index in [1.54, 1.807) is 0 Å². The van der Waals surface area contributed by atoms with Crippen LogP contribution in [-0.4, -0.2) is 12.6 Å². The molecule has 0 aromatic heterocycles. The van der Waals surface area contributed by atoms with Gasteiger partial charge in [-0.15, -0.1) is 0 Å². The van der Waals surface area contributed by atoms with E-state index in [1.165, 1.54) is 18.4 Å². The van der Waals surface area contributed by atoms with Crippen LogP contribution in [0.15, 0.2) is 18.2 Å². The highest BCUT2D eigenvalue weighted by Crippen LogP contribution is 2.23. The maximum atomic E-state index is 5.58. The van der Waals surface area contributed by atoms with Crippen LogP contribution in [0.1, 0.15) is 39.2 Å². The quantitative estimate of drug-likeness (QED) is 0.784. The molecule has 0 spiro atoms. The Morgan fingerprint density at radius 3 is 2.69 bits per heavy atom. The van der Waals surface area contributed by atoms with Crippen LogP contribution < -0.4 is 10.1 Å². The highest BCUT2D eigenvalue weighted by atomic mass is 16.5. The summed E-state index contributed by atoms with van der Waals surface area (Å²) < 4.78 is 5.58. The lowest BCUT2D eigenvalue weighted by atomic mass is 10.1. The Morgan fingerprint density at radius 1 is 1.31 bits per heavy atom. The highest BCUT2D eigenvalue weighted by molar-refractivity contribution is 5.52. The molecule has 0 heterocycles. The van der Waals surface area contributed by atoms with E-state index < -0.39 is 0 Å². The van der Waals surface area contributed by atoms with Crippen LogP contribution in [0.25, 0.3) is 0 Å². The van der Waals surface area contributed by atoms with Crippen molar-refractivity contribution in [1.82, 2.24) is 0 Å². The molecule has 2 heteroatoms. The summed E-state index contributed by atoms with van der Waals surface area (Å²) in [4.78, 5) is 0. The first-order valence-corrected chi connectivity index (χ1v) is 6.17. The van der Waals surface area contributed by atoms with Crippen LogP contribution in [-0.2, 0) is 0 Å². The first-order chi connectivity index (χ1) is 7.67. The van der Waals surface area contributed by atoms with E-state index in [9.17, 15) is 0 Å². The van der Waals surface area contributed by atoms with Crippen molar-refractivity contribution in [1.29, 1.82) is 0 Å². The van der Waals surface area contributed by atoms with Crippen molar-refractivity contribution in [2.24, 2.45) is 0 Å². The molecular weight excluding hydrogens is 198 g/mol. The number of ether oxygens (including phenoxy) is 1. The van der Waals surface area contributed by atoms with E-state index in [4.69, 9.17) is 4.74 Å².